The lowest BCUT2D eigenvalue weighted by Crippen LogP contribution is -2.30. The fourth-order valence-corrected chi connectivity index (χ4v) is 3.39. The molecule has 4 rings (SSSR count). The summed E-state index contributed by atoms with van der Waals surface area (Å²) in [5.41, 5.74) is 3.67. The quantitative estimate of drug-likeness (QED) is 0.594. The fraction of sp³-hybridized carbons (Fsp3) is 0.333. The highest BCUT2D eigenvalue weighted by Gasteiger charge is 2.23. The molecule has 1 aromatic carbocycles. The Labute approximate surface area is 140 Å². The molecule has 2 aromatic heterocycles. The summed E-state index contributed by atoms with van der Waals surface area (Å²) in [6.07, 6.45) is 3.84. The van der Waals surface area contributed by atoms with E-state index in [1.165, 1.54) is 0 Å². The SMILES string of the molecule is O=C(NCc1cc2ccccc2[nH]1)c1cn[nH]c1C1CCCNC1. The van der Waals surface area contributed by atoms with Gasteiger partial charge in [-0.3, -0.25) is 9.89 Å². The van der Waals surface area contributed by atoms with Crippen LogP contribution in [-0.2, 0) is 6.54 Å². The van der Waals surface area contributed by atoms with Crippen LogP contribution < -0.4 is 10.6 Å². The number of aromatic amines is 2. The summed E-state index contributed by atoms with van der Waals surface area (Å²) >= 11 is 0. The van der Waals surface area contributed by atoms with Crippen molar-refractivity contribution in [3.05, 3.63) is 53.5 Å². The van der Waals surface area contributed by atoms with Gasteiger partial charge in [0.15, 0.2) is 0 Å². The van der Waals surface area contributed by atoms with Crippen LogP contribution in [0.4, 0.5) is 0 Å². The highest BCUT2D eigenvalue weighted by molar-refractivity contribution is 5.95. The monoisotopic (exact) mass is 323 g/mol. The fourth-order valence-electron chi connectivity index (χ4n) is 3.39. The van der Waals surface area contributed by atoms with Crippen molar-refractivity contribution in [3.63, 3.8) is 0 Å². The van der Waals surface area contributed by atoms with Gasteiger partial charge in [-0.2, -0.15) is 5.10 Å². The maximum Gasteiger partial charge on any atom is 0.255 e. The third-order valence-corrected chi connectivity index (χ3v) is 4.64. The van der Waals surface area contributed by atoms with Crippen LogP contribution in [-0.4, -0.2) is 34.2 Å². The Morgan fingerprint density at radius 3 is 3.08 bits per heavy atom. The van der Waals surface area contributed by atoms with E-state index >= 15 is 0 Å². The van der Waals surface area contributed by atoms with Gasteiger partial charge < -0.3 is 15.6 Å². The van der Waals surface area contributed by atoms with E-state index < -0.39 is 0 Å². The van der Waals surface area contributed by atoms with Gasteiger partial charge in [0.1, 0.15) is 0 Å². The summed E-state index contributed by atoms with van der Waals surface area (Å²) in [4.78, 5) is 15.9. The Morgan fingerprint density at radius 1 is 1.33 bits per heavy atom. The molecule has 1 unspecified atom stereocenters. The second-order valence-electron chi connectivity index (χ2n) is 6.31. The first kappa shape index (κ1) is 15.0. The molecule has 3 heterocycles. The number of piperidine rings is 1. The van der Waals surface area contributed by atoms with E-state index in [0.717, 1.165) is 48.2 Å². The lowest BCUT2D eigenvalue weighted by molar-refractivity contribution is 0.0949. The van der Waals surface area contributed by atoms with Crippen LogP contribution >= 0.6 is 0 Å². The molecule has 124 valence electrons. The van der Waals surface area contributed by atoms with Gasteiger partial charge in [0, 0.05) is 23.7 Å². The molecule has 4 N–H and O–H groups in total. The van der Waals surface area contributed by atoms with Gasteiger partial charge in [-0.15, -0.1) is 0 Å². The molecule has 0 radical (unpaired) electrons. The van der Waals surface area contributed by atoms with Gasteiger partial charge >= 0.3 is 0 Å². The molecule has 24 heavy (non-hydrogen) atoms. The standard InChI is InChI=1S/C18H21N5O/c24-18(15-11-21-23-17(15)13-5-3-7-19-9-13)20-10-14-8-12-4-1-2-6-16(12)22-14/h1-2,4,6,8,11,13,19,22H,3,5,7,9-10H2,(H,20,24)(H,21,23). The van der Waals surface area contributed by atoms with Gasteiger partial charge in [0.25, 0.3) is 5.91 Å². The summed E-state index contributed by atoms with van der Waals surface area (Å²) in [5.74, 6) is 0.248. The minimum Gasteiger partial charge on any atom is -0.357 e. The lowest BCUT2D eigenvalue weighted by Gasteiger charge is -2.22. The summed E-state index contributed by atoms with van der Waals surface area (Å²) in [7, 11) is 0. The summed E-state index contributed by atoms with van der Waals surface area (Å²) in [6.45, 7) is 2.41. The van der Waals surface area contributed by atoms with Gasteiger partial charge in [0.2, 0.25) is 0 Å². The molecule has 1 saturated heterocycles. The van der Waals surface area contributed by atoms with Crippen molar-refractivity contribution in [2.45, 2.75) is 25.3 Å². The number of aromatic nitrogens is 3. The number of hydrogen-bond donors (Lipinski definition) is 4. The number of H-pyrrole nitrogens is 2. The first-order chi connectivity index (χ1) is 11.8. The van der Waals surface area contributed by atoms with E-state index in [0.29, 0.717) is 18.0 Å². The zero-order valence-corrected chi connectivity index (χ0v) is 13.4. The average molecular weight is 323 g/mol. The molecule has 6 heteroatoms. The zero-order valence-electron chi connectivity index (χ0n) is 13.4. The minimum absolute atomic E-state index is 0.0806. The van der Waals surface area contributed by atoms with Crippen LogP contribution in [0.5, 0.6) is 0 Å². The Hall–Kier alpha value is -2.60. The van der Waals surface area contributed by atoms with E-state index in [1.807, 2.05) is 18.2 Å². The Kier molecular flexibility index (Phi) is 4.04. The van der Waals surface area contributed by atoms with Crippen molar-refractivity contribution in [1.82, 2.24) is 25.8 Å². The predicted octanol–water partition coefficient (Wildman–Crippen LogP) is 2.29. The Morgan fingerprint density at radius 2 is 2.25 bits per heavy atom. The highest BCUT2D eigenvalue weighted by atomic mass is 16.1. The van der Waals surface area contributed by atoms with Gasteiger partial charge in [-0.1, -0.05) is 18.2 Å². The molecule has 0 aliphatic carbocycles. The van der Waals surface area contributed by atoms with Gasteiger partial charge in [-0.25, -0.2) is 0 Å². The molecule has 0 spiro atoms. The summed E-state index contributed by atoms with van der Waals surface area (Å²) < 4.78 is 0. The second-order valence-corrected chi connectivity index (χ2v) is 6.31. The molecule has 1 atom stereocenters. The predicted molar refractivity (Wildman–Crippen MR) is 92.9 cm³/mol. The normalized spacial score (nSPS) is 17.9. The number of rotatable bonds is 4. The van der Waals surface area contributed by atoms with E-state index in [4.69, 9.17) is 0 Å². The van der Waals surface area contributed by atoms with E-state index in [9.17, 15) is 4.79 Å². The molecular formula is C18H21N5O. The Bertz CT molecular complexity index is 811. The number of carbonyl (C=O) groups excluding carboxylic acids is 1. The first-order valence-electron chi connectivity index (χ1n) is 8.40. The number of amides is 1. The number of nitrogens with one attached hydrogen (secondary N) is 4. The molecule has 1 aliphatic rings. The molecular weight excluding hydrogens is 302 g/mol. The van der Waals surface area contributed by atoms with E-state index in [2.05, 4.69) is 37.9 Å². The molecule has 1 fully saturated rings. The Balaban J connectivity index is 1.45. The minimum atomic E-state index is -0.0806. The topological polar surface area (TPSA) is 85.6 Å². The van der Waals surface area contributed by atoms with Crippen LogP contribution in [0, 0.1) is 0 Å². The van der Waals surface area contributed by atoms with E-state index in [-0.39, 0.29) is 5.91 Å². The molecule has 1 amide bonds. The molecule has 1 aliphatic heterocycles. The smallest absolute Gasteiger partial charge is 0.255 e. The van der Waals surface area contributed by atoms with Crippen LogP contribution in [0.25, 0.3) is 10.9 Å². The maximum absolute atomic E-state index is 12.6. The van der Waals surface area contributed by atoms with Gasteiger partial charge in [0.05, 0.1) is 24.0 Å². The molecule has 0 bridgehead atoms. The average Bonchev–Trinajstić information content (AvgIpc) is 3.27. The van der Waals surface area contributed by atoms with Crippen LogP contribution in [0.2, 0.25) is 0 Å². The molecule has 3 aromatic rings. The number of fused-ring (bicyclic) bond motifs is 1. The van der Waals surface area contributed by atoms with Crippen LogP contribution in [0.3, 0.4) is 0 Å². The number of carbonyl (C=O) groups is 1. The van der Waals surface area contributed by atoms with Crippen molar-refractivity contribution in [3.8, 4) is 0 Å². The zero-order chi connectivity index (χ0) is 16.4. The van der Waals surface area contributed by atoms with E-state index in [1.54, 1.807) is 6.20 Å². The summed E-state index contributed by atoms with van der Waals surface area (Å²) in [5, 5.41) is 14.6. The number of nitrogens with zero attached hydrogens (tertiary/aromatic N) is 1. The van der Waals surface area contributed by atoms with Crippen molar-refractivity contribution < 1.29 is 4.79 Å². The van der Waals surface area contributed by atoms with Crippen molar-refractivity contribution >= 4 is 16.8 Å². The van der Waals surface area contributed by atoms with Crippen LogP contribution in [0.1, 0.15) is 40.5 Å². The van der Waals surface area contributed by atoms with Crippen molar-refractivity contribution in [1.29, 1.82) is 0 Å². The van der Waals surface area contributed by atoms with Crippen LogP contribution in [0.15, 0.2) is 36.5 Å². The number of para-hydroxylation sites is 1. The lowest BCUT2D eigenvalue weighted by atomic mass is 9.93. The van der Waals surface area contributed by atoms with Crippen molar-refractivity contribution in [2.24, 2.45) is 0 Å². The number of benzene rings is 1. The maximum atomic E-state index is 12.6. The summed E-state index contributed by atoms with van der Waals surface area (Å²) in [6, 6.07) is 10.2. The third-order valence-electron chi connectivity index (χ3n) is 4.64. The van der Waals surface area contributed by atoms with Crippen molar-refractivity contribution in [2.75, 3.05) is 13.1 Å². The highest BCUT2D eigenvalue weighted by Crippen LogP contribution is 2.24. The molecule has 6 nitrogen and oxygen atoms in total. The first-order valence-corrected chi connectivity index (χ1v) is 8.40. The largest absolute Gasteiger partial charge is 0.357 e. The third kappa shape index (κ3) is 2.92. The van der Waals surface area contributed by atoms with Gasteiger partial charge in [-0.05, 0) is 36.9 Å². The molecule has 0 saturated carbocycles. The second kappa shape index (κ2) is 6.49. The number of hydrogen-bond acceptors (Lipinski definition) is 3.